The Bertz CT molecular complexity index is 683. The Morgan fingerprint density at radius 2 is 2.04 bits per heavy atom. The van der Waals surface area contributed by atoms with Crippen LogP contribution in [0, 0.1) is 10.5 Å². The number of hydrogen-bond acceptors (Lipinski definition) is 3. The Morgan fingerprint density at radius 1 is 1.35 bits per heavy atom. The number of nitrogens with zero attached hydrogens (tertiary/aromatic N) is 1. The second-order valence-corrected chi connectivity index (χ2v) is 7.28. The molecule has 0 aromatic heterocycles. The molecule has 0 radical (unpaired) electrons. The fraction of sp³-hybridized carbons (Fsp3) is 0.438. The van der Waals surface area contributed by atoms with E-state index >= 15 is 0 Å². The van der Waals surface area contributed by atoms with Gasteiger partial charge in [-0.2, -0.15) is 0 Å². The Morgan fingerprint density at radius 3 is 2.70 bits per heavy atom. The van der Waals surface area contributed by atoms with Crippen molar-refractivity contribution < 1.29 is 14.4 Å². The van der Waals surface area contributed by atoms with Gasteiger partial charge >= 0.3 is 6.03 Å². The molecule has 7 heteroatoms. The van der Waals surface area contributed by atoms with Gasteiger partial charge in [0.25, 0.3) is 5.91 Å². The fourth-order valence-electron chi connectivity index (χ4n) is 3.15. The van der Waals surface area contributed by atoms with Crippen LogP contribution in [0.5, 0.6) is 0 Å². The molecule has 1 saturated heterocycles. The smallest absolute Gasteiger partial charge is 0.324 e. The highest BCUT2D eigenvalue weighted by molar-refractivity contribution is 14.1. The predicted octanol–water partition coefficient (Wildman–Crippen LogP) is 2.40. The molecule has 1 aliphatic carbocycles. The molecule has 0 atom stereocenters. The average Bonchev–Trinajstić information content (AvgIpc) is 3.05. The van der Waals surface area contributed by atoms with Gasteiger partial charge in [0.05, 0.1) is 0 Å². The van der Waals surface area contributed by atoms with Gasteiger partial charge in [0.1, 0.15) is 12.1 Å². The molecule has 1 aliphatic heterocycles. The van der Waals surface area contributed by atoms with Crippen molar-refractivity contribution in [3.63, 3.8) is 0 Å². The van der Waals surface area contributed by atoms with Crippen molar-refractivity contribution in [2.75, 3.05) is 11.9 Å². The van der Waals surface area contributed by atoms with Gasteiger partial charge < -0.3 is 10.6 Å². The zero-order valence-electron chi connectivity index (χ0n) is 12.8. The van der Waals surface area contributed by atoms with Crippen LogP contribution in [0.3, 0.4) is 0 Å². The number of imide groups is 1. The van der Waals surface area contributed by atoms with Crippen LogP contribution < -0.4 is 10.6 Å². The monoisotopic (exact) mass is 427 g/mol. The van der Waals surface area contributed by atoms with E-state index in [2.05, 4.69) is 33.2 Å². The van der Waals surface area contributed by atoms with E-state index in [1.54, 1.807) is 6.07 Å². The van der Waals surface area contributed by atoms with Crippen LogP contribution in [0.1, 0.15) is 31.2 Å². The summed E-state index contributed by atoms with van der Waals surface area (Å²) in [6.45, 7) is 1.73. The predicted molar refractivity (Wildman–Crippen MR) is 94.0 cm³/mol. The van der Waals surface area contributed by atoms with E-state index in [0.717, 1.165) is 26.9 Å². The third-order valence-corrected chi connectivity index (χ3v) is 5.62. The average molecular weight is 427 g/mol. The molecule has 0 bridgehead atoms. The first-order valence-electron chi connectivity index (χ1n) is 7.61. The molecule has 2 aliphatic rings. The summed E-state index contributed by atoms with van der Waals surface area (Å²) in [5, 5.41) is 5.51. The zero-order valence-corrected chi connectivity index (χ0v) is 15.0. The number of halogens is 1. The summed E-state index contributed by atoms with van der Waals surface area (Å²) in [7, 11) is 0. The number of amides is 4. The number of benzene rings is 1. The van der Waals surface area contributed by atoms with Crippen LogP contribution in [0.4, 0.5) is 10.5 Å². The van der Waals surface area contributed by atoms with Crippen molar-refractivity contribution in [3.8, 4) is 0 Å². The normalized spacial score (nSPS) is 19.3. The highest BCUT2D eigenvalue weighted by Crippen LogP contribution is 2.34. The number of anilines is 1. The van der Waals surface area contributed by atoms with E-state index in [9.17, 15) is 14.4 Å². The third-order valence-electron chi connectivity index (χ3n) is 4.46. The van der Waals surface area contributed by atoms with Crippen LogP contribution in [0.25, 0.3) is 0 Å². The molecule has 1 heterocycles. The van der Waals surface area contributed by atoms with Gasteiger partial charge in [0, 0.05) is 9.26 Å². The van der Waals surface area contributed by atoms with Crippen LogP contribution in [0.2, 0.25) is 0 Å². The topological polar surface area (TPSA) is 78.5 Å². The van der Waals surface area contributed by atoms with E-state index in [1.165, 1.54) is 0 Å². The summed E-state index contributed by atoms with van der Waals surface area (Å²) in [4.78, 5) is 37.7. The van der Waals surface area contributed by atoms with E-state index in [4.69, 9.17) is 0 Å². The molecule has 23 heavy (non-hydrogen) atoms. The lowest BCUT2D eigenvalue weighted by Gasteiger charge is -2.19. The molecular formula is C16H18IN3O3. The maximum Gasteiger partial charge on any atom is 0.325 e. The molecule has 3 rings (SSSR count). The number of carbonyl (C=O) groups excluding carboxylic acids is 3. The van der Waals surface area contributed by atoms with Crippen molar-refractivity contribution >= 4 is 46.1 Å². The van der Waals surface area contributed by atoms with Crippen LogP contribution in [0.15, 0.2) is 18.2 Å². The van der Waals surface area contributed by atoms with E-state index in [-0.39, 0.29) is 18.4 Å². The number of hydrogen-bond donors (Lipinski definition) is 2. The molecule has 2 N–H and O–H groups in total. The summed E-state index contributed by atoms with van der Waals surface area (Å²) in [6, 6.07) is 5.11. The van der Waals surface area contributed by atoms with Gasteiger partial charge in [-0.25, -0.2) is 4.79 Å². The molecule has 1 spiro atoms. The molecular weight excluding hydrogens is 409 g/mol. The Hall–Kier alpha value is -1.64. The summed E-state index contributed by atoms with van der Waals surface area (Å²) < 4.78 is 1.04. The van der Waals surface area contributed by atoms with Crippen molar-refractivity contribution in [1.82, 2.24) is 10.2 Å². The largest absolute Gasteiger partial charge is 0.325 e. The van der Waals surface area contributed by atoms with Crippen LogP contribution in [-0.4, -0.2) is 34.8 Å². The summed E-state index contributed by atoms with van der Waals surface area (Å²) >= 11 is 2.19. The SMILES string of the molecule is Cc1ccc(NC(=O)CN2C(=O)NC3(CCCC3)C2=O)cc1I. The first kappa shape index (κ1) is 16.2. The van der Waals surface area contributed by atoms with Gasteiger partial charge in [-0.05, 0) is 60.1 Å². The van der Waals surface area contributed by atoms with Gasteiger partial charge in [-0.1, -0.05) is 18.9 Å². The van der Waals surface area contributed by atoms with Crippen molar-refractivity contribution in [1.29, 1.82) is 0 Å². The number of carbonyl (C=O) groups is 3. The Kier molecular flexibility index (Phi) is 4.31. The van der Waals surface area contributed by atoms with Crippen LogP contribution >= 0.6 is 22.6 Å². The second-order valence-electron chi connectivity index (χ2n) is 6.12. The lowest BCUT2D eigenvalue weighted by atomic mass is 9.98. The lowest BCUT2D eigenvalue weighted by molar-refractivity contribution is -0.133. The van der Waals surface area contributed by atoms with Gasteiger partial charge in [-0.3, -0.25) is 14.5 Å². The first-order valence-corrected chi connectivity index (χ1v) is 8.69. The zero-order chi connectivity index (χ0) is 16.6. The molecule has 4 amide bonds. The fourth-order valence-corrected chi connectivity index (χ4v) is 3.67. The molecule has 6 nitrogen and oxygen atoms in total. The number of rotatable bonds is 3. The molecule has 1 aromatic carbocycles. The summed E-state index contributed by atoms with van der Waals surface area (Å²) in [6.07, 6.45) is 3.17. The van der Waals surface area contributed by atoms with Gasteiger partial charge in [0.2, 0.25) is 5.91 Å². The minimum absolute atomic E-state index is 0.253. The number of aryl methyl sites for hydroxylation is 1. The quantitative estimate of drug-likeness (QED) is 0.575. The highest BCUT2D eigenvalue weighted by atomic mass is 127. The standard InChI is InChI=1S/C16H18IN3O3/c1-10-4-5-11(8-12(10)17)18-13(21)9-20-14(22)16(19-15(20)23)6-2-3-7-16/h4-5,8H,2-3,6-7,9H2,1H3,(H,18,21)(H,19,23). The minimum Gasteiger partial charge on any atom is -0.324 e. The summed E-state index contributed by atoms with van der Waals surface area (Å²) in [5.74, 6) is -0.642. The third kappa shape index (κ3) is 3.06. The highest BCUT2D eigenvalue weighted by Gasteiger charge is 2.52. The van der Waals surface area contributed by atoms with E-state index in [1.807, 2.05) is 19.1 Å². The van der Waals surface area contributed by atoms with Crippen molar-refractivity contribution in [3.05, 3.63) is 27.3 Å². The maximum atomic E-state index is 12.5. The maximum absolute atomic E-state index is 12.5. The molecule has 0 unspecified atom stereocenters. The Balaban J connectivity index is 1.66. The van der Waals surface area contributed by atoms with Crippen molar-refractivity contribution in [2.45, 2.75) is 38.1 Å². The van der Waals surface area contributed by atoms with Gasteiger partial charge in [0.15, 0.2) is 0 Å². The molecule has 1 aromatic rings. The first-order chi connectivity index (χ1) is 10.9. The van der Waals surface area contributed by atoms with E-state index < -0.39 is 11.6 Å². The Labute approximate surface area is 148 Å². The molecule has 2 fully saturated rings. The molecule has 122 valence electrons. The molecule has 1 saturated carbocycles. The van der Waals surface area contributed by atoms with E-state index in [0.29, 0.717) is 18.5 Å². The number of urea groups is 1. The van der Waals surface area contributed by atoms with Gasteiger partial charge in [-0.15, -0.1) is 0 Å². The second kappa shape index (κ2) is 6.10. The lowest BCUT2D eigenvalue weighted by Crippen LogP contribution is -2.44. The summed E-state index contributed by atoms with van der Waals surface area (Å²) in [5.41, 5.74) is 1.02. The van der Waals surface area contributed by atoms with Crippen LogP contribution in [-0.2, 0) is 9.59 Å². The number of nitrogens with one attached hydrogen (secondary N) is 2. The van der Waals surface area contributed by atoms with Crippen molar-refractivity contribution in [2.24, 2.45) is 0 Å². The minimum atomic E-state index is -0.767.